The van der Waals surface area contributed by atoms with Crippen LogP contribution in [0.3, 0.4) is 0 Å². The van der Waals surface area contributed by atoms with Gasteiger partial charge in [0.1, 0.15) is 0 Å². The molecule has 0 saturated heterocycles. The molecule has 0 radical (unpaired) electrons. The Labute approximate surface area is 94.7 Å². The van der Waals surface area contributed by atoms with E-state index in [9.17, 15) is 4.79 Å². The predicted molar refractivity (Wildman–Crippen MR) is 63.2 cm³/mol. The summed E-state index contributed by atoms with van der Waals surface area (Å²) in [7, 11) is 0. The summed E-state index contributed by atoms with van der Waals surface area (Å²) < 4.78 is 1.39. The Balaban J connectivity index is 1.97. The fourth-order valence-electron chi connectivity index (χ4n) is 1.45. The summed E-state index contributed by atoms with van der Waals surface area (Å²) in [5.41, 5.74) is 0.699. The van der Waals surface area contributed by atoms with Gasteiger partial charge in [0, 0.05) is 19.0 Å². The zero-order valence-corrected chi connectivity index (χ0v) is 9.15. The zero-order chi connectivity index (χ0) is 11.4. The van der Waals surface area contributed by atoms with Crippen molar-refractivity contribution in [1.82, 2.24) is 9.78 Å². The second kappa shape index (κ2) is 4.84. The third-order valence-corrected chi connectivity index (χ3v) is 2.63. The first-order valence-corrected chi connectivity index (χ1v) is 5.54. The third kappa shape index (κ3) is 2.86. The Kier molecular flexibility index (Phi) is 3.25. The highest BCUT2D eigenvalue weighted by atomic mass is 16.1. The quantitative estimate of drug-likeness (QED) is 0.751. The van der Waals surface area contributed by atoms with E-state index < -0.39 is 0 Å². The monoisotopic (exact) mass is 217 g/mol. The number of aromatic nitrogens is 2. The van der Waals surface area contributed by atoms with E-state index >= 15 is 0 Å². The van der Waals surface area contributed by atoms with Crippen molar-refractivity contribution in [2.75, 3.05) is 11.9 Å². The third-order valence-electron chi connectivity index (χ3n) is 2.63. The van der Waals surface area contributed by atoms with E-state index in [1.165, 1.54) is 17.5 Å². The predicted octanol–water partition coefficient (Wildman–Crippen LogP) is 1.09. The van der Waals surface area contributed by atoms with Crippen LogP contribution in [-0.4, -0.2) is 16.3 Å². The van der Waals surface area contributed by atoms with E-state index in [1.807, 2.05) is 0 Å². The molecule has 84 valence electrons. The minimum absolute atomic E-state index is 0.101. The first-order valence-electron chi connectivity index (χ1n) is 5.54. The zero-order valence-electron chi connectivity index (χ0n) is 9.15. The molecule has 0 atom stereocenters. The molecule has 0 bridgehead atoms. The summed E-state index contributed by atoms with van der Waals surface area (Å²) in [4.78, 5) is 11.6. The molecule has 0 amide bonds. The van der Waals surface area contributed by atoms with Crippen molar-refractivity contribution in [3.8, 4) is 12.3 Å². The fraction of sp³-hybridized carbons (Fsp3) is 0.500. The van der Waals surface area contributed by atoms with Crippen LogP contribution in [0, 0.1) is 18.3 Å². The molecule has 1 aromatic heterocycles. The average molecular weight is 217 g/mol. The summed E-state index contributed by atoms with van der Waals surface area (Å²) in [6.45, 7) is 1.42. The lowest BCUT2D eigenvalue weighted by molar-refractivity contribution is 0.591. The molecule has 16 heavy (non-hydrogen) atoms. The van der Waals surface area contributed by atoms with Crippen LogP contribution < -0.4 is 10.9 Å². The first kappa shape index (κ1) is 10.7. The molecular formula is C12H15N3O. The van der Waals surface area contributed by atoms with Gasteiger partial charge in [0.15, 0.2) is 0 Å². The van der Waals surface area contributed by atoms with Crippen LogP contribution in [0.25, 0.3) is 0 Å². The second-order valence-electron chi connectivity index (χ2n) is 4.08. The number of terminal acetylenes is 1. The van der Waals surface area contributed by atoms with Crippen molar-refractivity contribution in [3.05, 3.63) is 22.6 Å². The van der Waals surface area contributed by atoms with E-state index in [-0.39, 0.29) is 5.56 Å². The van der Waals surface area contributed by atoms with Crippen LogP contribution in [0.15, 0.2) is 17.1 Å². The van der Waals surface area contributed by atoms with Crippen LogP contribution in [0.2, 0.25) is 0 Å². The summed E-state index contributed by atoms with van der Waals surface area (Å²) in [6, 6.07) is 1.58. The Bertz CT molecular complexity index is 454. The number of aryl methyl sites for hydroxylation is 1. The minimum atomic E-state index is -0.101. The summed E-state index contributed by atoms with van der Waals surface area (Å²) in [6.07, 6.45) is 9.93. The van der Waals surface area contributed by atoms with Gasteiger partial charge in [-0.15, -0.1) is 12.3 Å². The van der Waals surface area contributed by atoms with Crippen molar-refractivity contribution in [1.29, 1.82) is 0 Å². The van der Waals surface area contributed by atoms with Gasteiger partial charge in [-0.25, -0.2) is 4.68 Å². The van der Waals surface area contributed by atoms with E-state index in [0.29, 0.717) is 13.0 Å². The highest BCUT2D eigenvalue weighted by Gasteiger charge is 2.20. The molecule has 1 heterocycles. The maximum atomic E-state index is 11.6. The van der Waals surface area contributed by atoms with E-state index in [4.69, 9.17) is 6.42 Å². The first-order chi connectivity index (χ1) is 7.79. The maximum Gasteiger partial charge on any atom is 0.268 e. The molecule has 4 nitrogen and oxygen atoms in total. The van der Waals surface area contributed by atoms with Crippen LogP contribution >= 0.6 is 0 Å². The largest absolute Gasteiger partial charge is 0.383 e. The number of hydrogen-bond donors (Lipinski definition) is 1. The van der Waals surface area contributed by atoms with Crippen molar-refractivity contribution in [3.63, 3.8) is 0 Å². The highest BCUT2D eigenvalue weighted by Crippen LogP contribution is 2.28. The summed E-state index contributed by atoms with van der Waals surface area (Å²) in [5, 5.41) is 7.27. The summed E-state index contributed by atoms with van der Waals surface area (Å²) in [5.74, 6) is 3.27. The van der Waals surface area contributed by atoms with Crippen molar-refractivity contribution in [2.24, 2.45) is 5.92 Å². The number of nitrogens with zero attached hydrogens (tertiary/aromatic N) is 2. The topological polar surface area (TPSA) is 46.9 Å². The molecule has 0 unspecified atom stereocenters. The van der Waals surface area contributed by atoms with Crippen LogP contribution in [0.4, 0.5) is 5.69 Å². The van der Waals surface area contributed by atoms with Crippen LogP contribution in [-0.2, 0) is 6.54 Å². The van der Waals surface area contributed by atoms with Gasteiger partial charge in [0.2, 0.25) is 0 Å². The average Bonchev–Trinajstić information content (AvgIpc) is 3.09. The Morgan fingerprint density at radius 2 is 2.44 bits per heavy atom. The van der Waals surface area contributed by atoms with Crippen LogP contribution in [0.5, 0.6) is 0 Å². The normalized spacial score (nSPS) is 14.4. The SMILES string of the molecule is C#CCCn1ncc(NCC2CC2)cc1=O. The molecule has 2 rings (SSSR count). The smallest absolute Gasteiger partial charge is 0.268 e. The van der Waals surface area contributed by atoms with Gasteiger partial charge in [-0.3, -0.25) is 4.79 Å². The van der Waals surface area contributed by atoms with E-state index in [0.717, 1.165) is 18.2 Å². The van der Waals surface area contributed by atoms with Gasteiger partial charge in [-0.05, 0) is 18.8 Å². The van der Waals surface area contributed by atoms with Gasteiger partial charge in [-0.2, -0.15) is 5.10 Å². The molecule has 1 aromatic rings. The number of rotatable bonds is 5. The summed E-state index contributed by atoms with van der Waals surface area (Å²) >= 11 is 0. The minimum Gasteiger partial charge on any atom is -0.383 e. The molecule has 4 heteroatoms. The number of anilines is 1. The molecular weight excluding hydrogens is 202 g/mol. The van der Waals surface area contributed by atoms with Crippen LogP contribution in [0.1, 0.15) is 19.3 Å². The van der Waals surface area contributed by atoms with Gasteiger partial charge in [0.25, 0.3) is 5.56 Å². The molecule has 0 aliphatic heterocycles. The fourth-order valence-corrected chi connectivity index (χ4v) is 1.45. The molecule has 0 aromatic carbocycles. The molecule has 0 spiro atoms. The highest BCUT2D eigenvalue weighted by molar-refractivity contribution is 5.38. The van der Waals surface area contributed by atoms with Crippen molar-refractivity contribution >= 4 is 5.69 Å². The van der Waals surface area contributed by atoms with Gasteiger partial charge < -0.3 is 5.32 Å². The van der Waals surface area contributed by atoms with Crippen molar-refractivity contribution < 1.29 is 0 Å². The second-order valence-corrected chi connectivity index (χ2v) is 4.08. The lowest BCUT2D eigenvalue weighted by Gasteiger charge is -2.06. The van der Waals surface area contributed by atoms with Gasteiger partial charge in [-0.1, -0.05) is 0 Å². The molecule has 1 fully saturated rings. The Hall–Kier alpha value is -1.76. The standard InChI is InChI=1S/C12H15N3O/c1-2-3-6-15-12(16)7-11(9-14-15)13-8-10-4-5-10/h1,7,9-10,13H,3-6,8H2. The van der Waals surface area contributed by atoms with Gasteiger partial charge >= 0.3 is 0 Å². The lowest BCUT2D eigenvalue weighted by atomic mass is 10.4. The number of nitrogens with one attached hydrogen (secondary N) is 1. The number of hydrogen-bond acceptors (Lipinski definition) is 3. The Morgan fingerprint density at radius 3 is 3.06 bits per heavy atom. The maximum absolute atomic E-state index is 11.6. The van der Waals surface area contributed by atoms with Crippen molar-refractivity contribution in [2.45, 2.75) is 25.8 Å². The lowest BCUT2D eigenvalue weighted by Crippen LogP contribution is -2.22. The molecule has 1 saturated carbocycles. The Morgan fingerprint density at radius 1 is 1.62 bits per heavy atom. The van der Waals surface area contributed by atoms with E-state index in [1.54, 1.807) is 12.3 Å². The van der Waals surface area contributed by atoms with Gasteiger partial charge in [0.05, 0.1) is 18.4 Å². The molecule has 1 aliphatic rings. The molecule has 1 aliphatic carbocycles. The van der Waals surface area contributed by atoms with E-state index in [2.05, 4.69) is 16.3 Å². The molecule has 1 N–H and O–H groups in total.